The van der Waals surface area contributed by atoms with Crippen LogP contribution in [0.5, 0.6) is 5.75 Å². The summed E-state index contributed by atoms with van der Waals surface area (Å²) in [4.78, 5) is 22.5. The summed E-state index contributed by atoms with van der Waals surface area (Å²) in [6, 6.07) is 9.74. The molecule has 110 valence electrons. The highest BCUT2D eigenvalue weighted by Crippen LogP contribution is 2.20. The molecule has 1 aromatic heterocycles. The van der Waals surface area contributed by atoms with Crippen LogP contribution < -0.4 is 10.3 Å². The van der Waals surface area contributed by atoms with Crippen molar-refractivity contribution in [2.45, 2.75) is 26.4 Å². The number of hydrogen-bond donors (Lipinski definition) is 1. The first-order valence-corrected chi connectivity index (χ1v) is 6.40. The Morgan fingerprint density at radius 1 is 1.10 bits per heavy atom. The number of aromatic amines is 1. The van der Waals surface area contributed by atoms with Gasteiger partial charge in [-0.25, -0.2) is 9.89 Å². The lowest BCUT2D eigenvalue weighted by Crippen LogP contribution is -2.25. The molecule has 0 spiro atoms. The summed E-state index contributed by atoms with van der Waals surface area (Å²) < 4.78 is 10.1. The van der Waals surface area contributed by atoms with Crippen molar-refractivity contribution >= 4 is 6.16 Å². The van der Waals surface area contributed by atoms with E-state index >= 15 is 0 Å². The van der Waals surface area contributed by atoms with E-state index in [1.54, 1.807) is 51.1 Å². The number of H-pyrrole nitrogens is 1. The fourth-order valence-corrected chi connectivity index (χ4v) is 1.57. The molecule has 2 aromatic rings. The summed E-state index contributed by atoms with van der Waals surface area (Å²) in [7, 11) is 0. The first-order valence-electron chi connectivity index (χ1n) is 6.40. The number of carbonyl (C=O) groups excluding carboxylic acids is 1. The molecule has 0 fully saturated rings. The molecular weight excluding hydrogens is 272 g/mol. The van der Waals surface area contributed by atoms with Crippen LogP contribution in [0.2, 0.25) is 0 Å². The third-order valence-electron chi connectivity index (χ3n) is 2.42. The highest BCUT2D eigenvalue weighted by atomic mass is 16.7. The number of benzene rings is 1. The van der Waals surface area contributed by atoms with Gasteiger partial charge < -0.3 is 9.47 Å². The third kappa shape index (κ3) is 4.45. The van der Waals surface area contributed by atoms with E-state index in [0.717, 1.165) is 5.56 Å². The minimum Gasteiger partial charge on any atom is -0.428 e. The highest BCUT2D eigenvalue weighted by molar-refractivity contribution is 5.65. The Bertz CT molecular complexity index is 664. The Balaban J connectivity index is 2.07. The molecule has 1 aromatic carbocycles. The van der Waals surface area contributed by atoms with Crippen molar-refractivity contribution < 1.29 is 14.3 Å². The van der Waals surface area contributed by atoms with E-state index in [4.69, 9.17) is 9.47 Å². The molecule has 0 atom stereocenters. The Hall–Kier alpha value is -2.63. The summed E-state index contributed by atoms with van der Waals surface area (Å²) in [5.41, 5.74) is 0.557. The van der Waals surface area contributed by atoms with Gasteiger partial charge in [0.2, 0.25) is 0 Å². The van der Waals surface area contributed by atoms with Gasteiger partial charge in [0.25, 0.3) is 5.56 Å². The Labute approximate surface area is 121 Å². The van der Waals surface area contributed by atoms with E-state index in [9.17, 15) is 9.59 Å². The van der Waals surface area contributed by atoms with Crippen LogP contribution in [0.25, 0.3) is 11.3 Å². The number of ether oxygens (including phenoxy) is 2. The quantitative estimate of drug-likeness (QED) is 0.678. The molecule has 0 radical (unpaired) electrons. The van der Waals surface area contributed by atoms with E-state index in [2.05, 4.69) is 10.2 Å². The van der Waals surface area contributed by atoms with Crippen LogP contribution in [-0.2, 0) is 4.74 Å². The number of nitrogens with zero attached hydrogens (tertiary/aromatic N) is 1. The largest absolute Gasteiger partial charge is 0.514 e. The lowest BCUT2D eigenvalue weighted by Gasteiger charge is -2.18. The normalized spacial score (nSPS) is 11.0. The number of carbonyl (C=O) groups is 1. The third-order valence-corrected chi connectivity index (χ3v) is 2.42. The van der Waals surface area contributed by atoms with E-state index < -0.39 is 11.8 Å². The van der Waals surface area contributed by atoms with Crippen LogP contribution in [-0.4, -0.2) is 22.0 Å². The molecule has 0 aliphatic rings. The minimum atomic E-state index is -0.752. The molecule has 0 saturated heterocycles. The summed E-state index contributed by atoms with van der Waals surface area (Å²) >= 11 is 0. The second-order valence-electron chi connectivity index (χ2n) is 5.40. The molecule has 0 unspecified atom stereocenters. The second-order valence-corrected chi connectivity index (χ2v) is 5.40. The predicted octanol–water partition coefficient (Wildman–Crippen LogP) is 2.75. The van der Waals surface area contributed by atoms with Crippen molar-refractivity contribution in [3.63, 3.8) is 0 Å². The lowest BCUT2D eigenvalue weighted by molar-refractivity contribution is 0.0206. The van der Waals surface area contributed by atoms with Crippen molar-refractivity contribution in [3.8, 4) is 17.0 Å². The average molecular weight is 288 g/mol. The number of nitrogens with one attached hydrogen (secondary N) is 1. The summed E-state index contributed by atoms with van der Waals surface area (Å²) in [5.74, 6) is 0.373. The summed E-state index contributed by atoms with van der Waals surface area (Å²) in [5, 5.41) is 6.28. The van der Waals surface area contributed by atoms with Crippen LogP contribution in [0, 0.1) is 0 Å². The maximum absolute atomic E-state index is 11.5. The first-order chi connectivity index (χ1) is 9.83. The smallest absolute Gasteiger partial charge is 0.428 e. The Morgan fingerprint density at radius 3 is 2.29 bits per heavy atom. The summed E-state index contributed by atoms with van der Waals surface area (Å²) in [6.07, 6.45) is -0.752. The topological polar surface area (TPSA) is 81.3 Å². The van der Waals surface area contributed by atoms with Crippen LogP contribution in [0.15, 0.2) is 41.2 Å². The molecule has 1 heterocycles. The number of aromatic nitrogens is 2. The molecular formula is C15H16N2O4. The zero-order chi connectivity index (χ0) is 15.5. The number of hydrogen-bond acceptors (Lipinski definition) is 5. The molecule has 0 aliphatic carbocycles. The zero-order valence-corrected chi connectivity index (χ0v) is 12.0. The molecule has 6 nitrogen and oxygen atoms in total. The van der Waals surface area contributed by atoms with Crippen molar-refractivity contribution in [2.24, 2.45) is 0 Å². The van der Waals surface area contributed by atoms with Gasteiger partial charge in [0.1, 0.15) is 11.4 Å². The van der Waals surface area contributed by atoms with Crippen molar-refractivity contribution in [1.29, 1.82) is 0 Å². The van der Waals surface area contributed by atoms with Gasteiger partial charge >= 0.3 is 6.16 Å². The number of rotatable bonds is 2. The van der Waals surface area contributed by atoms with E-state index in [0.29, 0.717) is 11.4 Å². The predicted molar refractivity (Wildman–Crippen MR) is 77.2 cm³/mol. The maximum Gasteiger partial charge on any atom is 0.514 e. The fourth-order valence-electron chi connectivity index (χ4n) is 1.57. The fraction of sp³-hybridized carbons (Fsp3) is 0.267. The van der Waals surface area contributed by atoms with Gasteiger partial charge in [-0.05, 0) is 51.1 Å². The van der Waals surface area contributed by atoms with Gasteiger partial charge in [0.05, 0.1) is 5.69 Å². The van der Waals surface area contributed by atoms with E-state index in [-0.39, 0.29) is 5.56 Å². The van der Waals surface area contributed by atoms with Gasteiger partial charge in [-0.3, -0.25) is 4.79 Å². The zero-order valence-electron chi connectivity index (χ0n) is 12.0. The van der Waals surface area contributed by atoms with E-state index in [1.165, 1.54) is 6.07 Å². The van der Waals surface area contributed by atoms with Crippen LogP contribution >= 0.6 is 0 Å². The highest BCUT2D eigenvalue weighted by Gasteiger charge is 2.17. The SMILES string of the molecule is CC(C)(C)OC(=O)Oc1ccc(-c2ccc(=O)[nH]n2)cc1. The van der Waals surface area contributed by atoms with Gasteiger partial charge in [-0.1, -0.05) is 0 Å². The molecule has 0 bridgehead atoms. The molecule has 0 amide bonds. The standard InChI is InChI=1S/C15H16N2O4/c1-15(2,3)21-14(19)20-11-6-4-10(5-7-11)12-8-9-13(18)17-16-12/h4-9H,1-3H3,(H,17,18). The van der Waals surface area contributed by atoms with Gasteiger partial charge in [-0.15, -0.1) is 0 Å². The van der Waals surface area contributed by atoms with E-state index in [1.807, 2.05) is 0 Å². The molecule has 1 N–H and O–H groups in total. The monoisotopic (exact) mass is 288 g/mol. The second kappa shape index (κ2) is 5.78. The Morgan fingerprint density at radius 2 is 1.76 bits per heavy atom. The van der Waals surface area contributed by atoms with Crippen molar-refractivity contribution in [2.75, 3.05) is 0 Å². The molecule has 6 heteroatoms. The maximum atomic E-state index is 11.5. The molecule has 21 heavy (non-hydrogen) atoms. The van der Waals surface area contributed by atoms with Crippen LogP contribution in [0.3, 0.4) is 0 Å². The average Bonchev–Trinajstić information content (AvgIpc) is 2.38. The molecule has 0 saturated carbocycles. The van der Waals surface area contributed by atoms with Crippen LogP contribution in [0.1, 0.15) is 20.8 Å². The van der Waals surface area contributed by atoms with Crippen molar-refractivity contribution in [3.05, 3.63) is 46.8 Å². The van der Waals surface area contributed by atoms with Gasteiger partial charge in [0, 0.05) is 11.6 Å². The first kappa shape index (κ1) is 14.8. The van der Waals surface area contributed by atoms with Gasteiger partial charge in [-0.2, -0.15) is 5.10 Å². The molecule has 0 aliphatic heterocycles. The van der Waals surface area contributed by atoms with Crippen LogP contribution in [0.4, 0.5) is 4.79 Å². The van der Waals surface area contributed by atoms with Crippen molar-refractivity contribution in [1.82, 2.24) is 10.2 Å². The Kier molecular flexibility index (Phi) is 4.07. The minimum absolute atomic E-state index is 0.261. The lowest BCUT2D eigenvalue weighted by atomic mass is 10.1. The summed E-state index contributed by atoms with van der Waals surface area (Å²) in [6.45, 7) is 5.29. The molecule has 2 rings (SSSR count). The van der Waals surface area contributed by atoms with Gasteiger partial charge in [0.15, 0.2) is 0 Å².